The second-order valence-corrected chi connectivity index (χ2v) is 6.99. The molecule has 25 heavy (non-hydrogen) atoms. The van der Waals surface area contributed by atoms with E-state index in [1.807, 2.05) is 37.3 Å². The van der Waals surface area contributed by atoms with Gasteiger partial charge in [0.05, 0.1) is 6.42 Å². The molecule has 2 rings (SSSR count). The Bertz CT molecular complexity index is 525. The molecule has 3 amide bonds. The predicted octanol–water partition coefficient (Wildman–Crippen LogP) is 2.86. The van der Waals surface area contributed by atoms with Crippen LogP contribution in [0.15, 0.2) is 30.3 Å². The smallest absolute Gasteiger partial charge is 0.314 e. The van der Waals surface area contributed by atoms with Gasteiger partial charge in [-0.3, -0.25) is 4.79 Å². The maximum absolute atomic E-state index is 12.0. The summed E-state index contributed by atoms with van der Waals surface area (Å²) in [5.74, 6) is 1.22. The summed E-state index contributed by atoms with van der Waals surface area (Å²) < 4.78 is 0. The molecule has 1 aromatic rings. The standard InChI is InChI=1S/C20H31N3O2/c1-2-12-21-20(25)23-15-18-10-8-17(9-11-18)14-22-19(24)13-16-6-4-3-5-7-16/h3-7,17-18H,2,8-15H2,1H3,(H,22,24)(H2,21,23,25). The molecule has 0 atom stereocenters. The Hall–Kier alpha value is -2.04. The second kappa shape index (κ2) is 10.7. The third-order valence-electron chi connectivity index (χ3n) is 4.85. The number of benzene rings is 1. The number of hydrogen-bond donors (Lipinski definition) is 3. The van der Waals surface area contributed by atoms with Crippen molar-refractivity contribution < 1.29 is 9.59 Å². The maximum Gasteiger partial charge on any atom is 0.314 e. The molecule has 0 aromatic heterocycles. The molecule has 0 bridgehead atoms. The molecule has 1 fully saturated rings. The summed E-state index contributed by atoms with van der Waals surface area (Å²) >= 11 is 0. The monoisotopic (exact) mass is 345 g/mol. The van der Waals surface area contributed by atoms with E-state index in [1.54, 1.807) is 0 Å². The first-order valence-corrected chi connectivity index (χ1v) is 9.49. The summed E-state index contributed by atoms with van der Waals surface area (Å²) in [5.41, 5.74) is 1.05. The Kier molecular flexibility index (Phi) is 8.29. The van der Waals surface area contributed by atoms with Gasteiger partial charge in [0, 0.05) is 19.6 Å². The Morgan fingerprint density at radius 1 is 0.920 bits per heavy atom. The second-order valence-electron chi connectivity index (χ2n) is 6.99. The first kappa shape index (κ1) is 19.3. The fourth-order valence-corrected chi connectivity index (χ4v) is 3.28. The molecule has 0 aliphatic heterocycles. The molecule has 0 unspecified atom stereocenters. The predicted molar refractivity (Wildman–Crippen MR) is 100 cm³/mol. The van der Waals surface area contributed by atoms with Gasteiger partial charge in [-0.15, -0.1) is 0 Å². The number of rotatable bonds is 8. The fourth-order valence-electron chi connectivity index (χ4n) is 3.28. The minimum atomic E-state index is -0.0582. The lowest BCUT2D eigenvalue weighted by atomic mass is 9.82. The lowest BCUT2D eigenvalue weighted by Gasteiger charge is -2.28. The summed E-state index contributed by atoms with van der Waals surface area (Å²) in [6.07, 6.45) is 5.88. The summed E-state index contributed by atoms with van der Waals surface area (Å²) in [6.45, 7) is 4.28. The number of carbonyl (C=O) groups is 2. The number of carbonyl (C=O) groups excluding carboxylic acids is 2. The number of urea groups is 1. The molecule has 3 N–H and O–H groups in total. The van der Waals surface area contributed by atoms with E-state index in [1.165, 1.54) is 0 Å². The molecule has 5 heteroatoms. The molecular formula is C20H31N3O2. The first-order chi connectivity index (χ1) is 12.2. The van der Waals surface area contributed by atoms with E-state index in [9.17, 15) is 9.59 Å². The molecule has 0 spiro atoms. The van der Waals surface area contributed by atoms with Gasteiger partial charge in [-0.25, -0.2) is 4.79 Å². The van der Waals surface area contributed by atoms with Crippen LogP contribution in [0.2, 0.25) is 0 Å². The van der Waals surface area contributed by atoms with Crippen LogP contribution in [0.25, 0.3) is 0 Å². The normalized spacial score (nSPS) is 19.9. The van der Waals surface area contributed by atoms with Gasteiger partial charge in [-0.2, -0.15) is 0 Å². The van der Waals surface area contributed by atoms with E-state index >= 15 is 0 Å². The topological polar surface area (TPSA) is 70.2 Å². The molecule has 0 radical (unpaired) electrons. The quantitative estimate of drug-likeness (QED) is 0.678. The number of amides is 3. The van der Waals surface area contributed by atoms with Crippen molar-refractivity contribution >= 4 is 11.9 Å². The van der Waals surface area contributed by atoms with Crippen LogP contribution in [-0.2, 0) is 11.2 Å². The zero-order valence-electron chi connectivity index (χ0n) is 15.2. The van der Waals surface area contributed by atoms with Crippen molar-refractivity contribution in [1.82, 2.24) is 16.0 Å². The van der Waals surface area contributed by atoms with Gasteiger partial charge in [0.25, 0.3) is 0 Å². The van der Waals surface area contributed by atoms with E-state index in [0.717, 1.165) is 57.3 Å². The van der Waals surface area contributed by atoms with E-state index < -0.39 is 0 Å². The van der Waals surface area contributed by atoms with Crippen LogP contribution in [0.1, 0.15) is 44.6 Å². The Morgan fingerprint density at radius 3 is 2.12 bits per heavy atom. The lowest BCUT2D eigenvalue weighted by Crippen LogP contribution is -2.39. The zero-order valence-corrected chi connectivity index (χ0v) is 15.2. The number of nitrogens with one attached hydrogen (secondary N) is 3. The maximum atomic E-state index is 12.0. The molecule has 5 nitrogen and oxygen atoms in total. The molecule has 138 valence electrons. The van der Waals surface area contributed by atoms with Crippen molar-refractivity contribution in [2.24, 2.45) is 11.8 Å². The highest BCUT2D eigenvalue weighted by molar-refractivity contribution is 5.78. The minimum Gasteiger partial charge on any atom is -0.356 e. The average Bonchev–Trinajstić information content (AvgIpc) is 2.64. The highest BCUT2D eigenvalue weighted by atomic mass is 16.2. The van der Waals surface area contributed by atoms with Crippen molar-refractivity contribution in [1.29, 1.82) is 0 Å². The van der Waals surface area contributed by atoms with Crippen LogP contribution < -0.4 is 16.0 Å². The highest BCUT2D eigenvalue weighted by Crippen LogP contribution is 2.27. The van der Waals surface area contributed by atoms with Crippen LogP contribution >= 0.6 is 0 Å². The van der Waals surface area contributed by atoms with E-state index in [4.69, 9.17) is 0 Å². The fraction of sp³-hybridized carbons (Fsp3) is 0.600. The summed E-state index contributed by atoms with van der Waals surface area (Å²) in [4.78, 5) is 23.6. The Balaban J connectivity index is 1.57. The van der Waals surface area contributed by atoms with Crippen LogP contribution in [0.4, 0.5) is 4.79 Å². The largest absolute Gasteiger partial charge is 0.356 e. The van der Waals surface area contributed by atoms with Gasteiger partial charge in [0.2, 0.25) is 5.91 Å². The summed E-state index contributed by atoms with van der Waals surface area (Å²) in [7, 11) is 0. The van der Waals surface area contributed by atoms with Gasteiger partial charge >= 0.3 is 6.03 Å². The third kappa shape index (κ3) is 7.59. The molecule has 0 heterocycles. The minimum absolute atomic E-state index is 0.0582. The lowest BCUT2D eigenvalue weighted by molar-refractivity contribution is -0.120. The van der Waals surface area contributed by atoms with E-state index in [0.29, 0.717) is 18.3 Å². The van der Waals surface area contributed by atoms with Crippen molar-refractivity contribution in [3.63, 3.8) is 0 Å². The van der Waals surface area contributed by atoms with Gasteiger partial charge in [-0.05, 0) is 49.5 Å². The Labute approximate surface area is 151 Å². The molecule has 1 aliphatic rings. The van der Waals surface area contributed by atoms with Crippen LogP contribution in [0.3, 0.4) is 0 Å². The average molecular weight is 345 g/mol. The SMILES string of the molecule is CCCNC(=O)NCC1CCC(CNC(=O)Cc2ccccc2)CC1. The summed E-state index contributed by atoms with van der Waals surface area (Å²) in [6, 6.07) is 9.78. The molecule has 1 saturated carbocycles. The van der Waals surface area contributed by atoms with Gasteiger partial charge in [0.1, 0.15) is 0 Å². The van der Waals surface area contributed by atoms with Crippen molar-refractivity contribution in [2.75, 3.05) is 19.6 Å². The number of hydrogen-bond acceptors (Lipinski definition) is 2. The first-order valence-electron chi connectivity index (χ1n) is 9.49. The van der Waals surface area contributed by atoms with Gasteiger partial charge in [-0.1, -0.05) is 37.3 Å². The Morgan fingerprint density at radius 2 is 1.52 bits per heavy atom. The third-order valence-corrected chi connectivity index (χ3v) is 4.85. The van der Waals surface area contributed by atoms with Crippen LogP contribution in [-0.4, -0.2) is 31.6 Å². The molecule has 1 aromatic carbocycles. The van der Waals surface area contributed by atoms with Crippen LogP contribution in [0.5, 0.6) is 0 Å². The van der Waals surface area contributed by atoms with E-state index in [2.05, 4.69) is 16.0 Å². The highest BCUT2D eigenvalue weighted by Gasteiger charge is 2.21. The molecule has 1 aliphatic carbocycles. The van der Waals surface area contributed by atoms with Crippen molar-refractivity contribution in [3.05, 3.63) is 35.9 Å². The zero-order chi connectivity index (χ0) is 17.9. The molecular weight excluding hydrogens is 314 g/mol. The van der Waals surface area contributed by atoms with Gasteiger partial charge in [0.15, 0.2) is 0 Å². The van der Waals surface area contributed by atoms with E-state index in [-0.39, 0.29) is 11.9 Å². The van der Waals surface area contributed by atoms with Crippen molar-refractivity contribution in [2.45, 2.75) is 45.4 Å². The van der Waals surface area contributed by atoms with Gasteiger partial charge < -0.3 is 16.0 Å². The summed E-state index contributed by atoms with van der Waals surface area (Å²) in [5, 5.41) is 8.87. The van der Waals surface area contributed by atoms with Crippen LogP contribution in [0, 0.1) is 11.8 Å². The molecule has 0 saturated heterocycles. The van der Waals surface area contributed by atoms with Crippen molar-refractivity contribution in [3.8, 4) is 0 Å².